The van der Waals surface area contributed by atoms with E-state index in [2.05, 4.69) is 12.1 Å². The van der Waals surface area contributed by atoms with E-state index in [-0.39, 0.29) is 18.6 Å². The third-order valence-corrected chi connectivity index (χ3v) is 3.63. The Bertz CT molecular complexity index is 393. The van der Waals surface area contributed by atoms with Crippen molar-refractivity contribution in [3.63, 3.8) is 0 Å². The number of likely N-dealkylation sites (tertiary alicyclic amines) is 1. The van der Waals surface area contributed by atoms with Gasteiger partial charge in [0.2, 0.25) is 0 Å². The van der Waals surface area contributed by atoms with Crippen LogP contribution in [0.1, 0.15) is 17.9 Å². The van der Waals surface area contributed by atoms with Gasteiger partial charge in [-0.1, -0.05) is 30.3 Å². The van der Waals surface area contributed by atoms with E-state index in [4.69, 9.17) is 4.74 Å². The lowest BCUT2D eigenvalue weighted by atomic mass is 9.81. The summed E-state index contributed by atoms with van der Waals surface area (Å²) < 4.78 is 4.73. The fourth-order valence-electron chi connectivity index (χ4n) is 2.65. The average molecular weight is 249 g/mol. The molecule has 1 aromatic carbocycles. The van der Waals surface area contributed by atoms with Gasteiger partial charge in [-0.05, 0) is 17.9 Å². The molecule has 2 rings (SSSR count). The number of carbonyl (C=O) groups is 1. The summed E-state index contributed by atoms with van der Waals surface area (Å²) in [4.78, 5) is 13.2. The molecule has 1 amide bonds. The van der Waals surface area contributed by atoms with Crippen LogP contribution in [0.2, 0.25) is 0 Å². The maximum absolute atomic E-state index is 11.5. The minimum atomic E-state index is -0.306. The summed E-state index contributed by atoms with van der Waals surface area (Å²) in [6.07, 6.45) is 0.560. The van der Waals surface area contributed by atoms with Gasteiger partial charge in [0.05, 0.1) is 7.11 Å². The first-order chi connectivity index (χ1) is 8.76. The maximum Gasteiger partial charge on any atom is 0.409 e. The summed E-state index contributed by atoms with van der Waals surface area (Å²) in [6.45, 7) is 1.33. The molecule has 0 radical (unpaired) electrons. The SMILES string of the molecule is COC(=O)N1CC[C@H](c2ccccc2)[C@@H](CO)C1. The number of hydrogen-bond donors (Lipinski definition) is 1. The highest BCUT2D eigenvalue weighted by atomic mass is 16.5. The Balaban J connectivity index is 2.09. The molecule has 1 N–H and O–H groups in total. The second-order valence-electron chi connectivity index (χ2n) is 4.66. The summed E-state index contributed by atoms with van der Waals surface area (Å²) in [5.74, 6) is 0.400. The van der Waals surface area contributed by atoms with Crippen LogP contribution in [-0.2, 0) is 4.74 Å². The van der Waals surface area contributed by atoms with E-state index in [9.17, 15) is 9.90 Å². The predicted octanol–water partition coefficient (Wildman–Crippen LogP) is 1.85. The summed E-state index contributed by atoms with van der Waals surface area (Å²) >= 11 is 0. The number of hydrogen-bond acceptors (Lipinski definition) is 3. The van der Waals surface area contributed by atoms with Gasteiger partial charge in [0, 0.05) is 25.6 Å². The molecule has 1 fully saturated rings. The number of piperidine rings is 1. The van der Waals surface area contributed by atoms with Gasteiger partial charge in [-0.3, -0.25) is 0 Å². The Kier molecular flexibility index (Phi) is 4.20. The number of carbonyl (C=O) groups excluding carboxylic acids is 1. The lowest BCUT2D eigenvalue weighted by molar-refractivity contribution is 0.0773. The van der Waals surface area contributed by atoms with Crippen molar-refractivity contribution in [1.29, 1.82) is 0 Å². The molecule has 18 heavy (non-hydrogen) atoms. The molecule has 0 saturated carbocycles. The van der Waals surface area contributed by atoms with E-state index in [1.165, 1.54) is 12.7 Å². The molecule has 98 valence electrons. The molecule has 1 saturated heterocycles. The summed E-state index contributed by atoms with van der Waals surface area (Å²) in [5, 5.41) is 9.52. The summed E-state index contributed by atoms with van der Waals surface area (Å²) in [5.41, 5.74) is 1.24. The van der Waals surface area contributed by atoms with Crippen molar-refractivity contribution in [2.24, 2.45) is 5.92 Å². The Labute approximate surface area is 107 Å². The monoisotopic (exact) mass is 249 g/mol. The van der Waals surface area contributed by atoms with Crippen LogP contribution in [0.5, 0.6) is 0 Å². The van der Waals surface area contributed by atoms with E-state index in [0.29, 0.717) is 19.0 Å². The fraction of sp³-hybridized carbons (Fsp3) is 0.500. The predicted molar refractivity (Wildman–Crippen MR) is 68.4 cm³/mol. The van der Waals surface area contributed by atoms with Crippen LogP contribution in [0.15, 0.2) is 30.3 Å². The van der Waals surface area contributed by atoms with E-state index >= 15 is 0 Å². The zero-order valence-corrected chi connectivity index (χ0v) is 10.6. The quantitative estimate of drug-likeness (QED) is 0.870. The van der Waals surface area contributed by atoms with Crippen molar-refractivity contribution in [1.82, 2.24) is 4.90 Å². The van der Waals surface area contributed by atoms with Crippen molar-refractivity contribution >= 4 is 6.09 Å². The highest BCUT2D eigenvalue weighted by Gasteiger charge is 2.32. The number of methoxy groups -OCH3 is 1. The Morgan fingerprint density at radius 2 is 2.17 bits per heavy atom. The van der Waals surface area contributed by atoms with Gasteiger partial charge in [0.15, 0.2) is 0 Å². The molecule has 1 aliphatic rings. The molecule has 4 nitrogen and oxygen atoms in total. The normalized spacial score (nSPS) is 23.8. The molecule has 0 bridgehead atoms. The molecular formula is C14H19NO3. The molecule has 0 aliphatic carbocycles. The molecule has 0 aromatic heterocycles. The number of rotatable bonds is 2. The maximum atomic E-state index is 11.5. The molecule has 0 unspecified atom stereocenters. The highest BCUT2D eigenvalue weighted by Crippen LogP contribution is 2.32. The van der Waals surface area contributed by atoms with Crippen LogP contribution in [0, 0.1) is 5.92 Å². The Hall–Kier alpha value is -1.55. The Morgan fingerprint density at radius 1 is 1.44 bits per heavy atom. The molecule has 0 spiro atoms. The van der Waals surface area contributed by atoms with Crippen molar-refractivity contribution < 1.29 is 14.6 Å². The summed E-state index contributed by atoms with van der Waals surface area (Å²) in [7, 11) is 1.39. The van der Waals surface area contributed by atoms with Crippen LogP contribution in [-0.4, -0.2) is 42.9 Å². The average Bonchev–Trinajstić information content (AvgIpc) is 2.46. The van der Waals surface area contributed by atoms with E-state index in [0.717, 1.165) is 6.42 Å². The zero-order chi connectivity index (χ0) is 13.0. The minimum Gasteiger partial charge on any atom is -0.453 e. The number of aliphatic hydroxyl groups excluding tert-OH is 1. The van der Waals surface area contributed by atoms with Crippen molar-refractivity contribution in [2.45, 2.75) is 12.3 Å². The zero-order valence-electron chi connectivity index (χ0n) is 10.6. The molecule has 1 aromatic rings. The van der Waals surface area contributed by atoms with Crippen molar-refractivity contribution in [2.75, 3.05) is 26.8 Å². The minimum absolute atomic E-state index is 0.0836. The lowest BCUT2D eigenvalue weighted by Crippen LogP contribution is -2.44. The van der Waals surface area contributed by atoms with Crippen molar-refractivity contribution in [3.05, 3.63) is 35.9 Å². The number of amides is 1. The first-order valence-electron chi connectivity index (χ1n) is 6.25. The van der Waals surface area contributed by atoms with Crippen LogP contribution in [0.4, 0.5) is 4.79 Å². The van der Waals surface area contributed by atoms with Gasteiger partial charge >= 0.3 is 6.09 Å². The number of nitrogens with zero attached hydrogens (tertiary/aromatic N) is 1. The topological polar surface area (TPSA) is 49.8 Å². The van der Waals surface area contributed by atoms with Crippen LogP contribution >= 0.6 is 0 Å². The lowest BCUT2D eigenvalue weighted by Gasteiger charge is -2.37. The first-order valence-corrected chi connectivity index (χ1v) is 6.25. The Morgan fingerprint density at radius 3 is 2.78 bits per heavy atom. The molecular weight excluding hydrogens is 230 g/mol. The number of ether oxygens (including phenoxy) is 1. The fourth-order valence-corrected chi connectivity index (χ4v) is 2.65. The second-order valence-corrected chi connectivity index (χ2v) is 4.66. The van der Waals surface area contributed by atoms with Gasteiger partial charge in [0.1, 0.15) is 0 Å². The van der Waals surface area contributed by atoms with Gasteiger partial charge in [0.25, 0.3) is 0 Å². The molecule has 1 heterocycles. The molecule has 1 aliphatic heterocycles. The number of benzene rings is 1. The second kappa shape index (κ2) is 5.87. The molecule has 4 heteroatoms. The van der Waals surface area contributed by atoms with E-state index in [1.54, 1.807) is 4.90 Å². The third kappa shape index (κ3) is 2.64. The smallest absolute Gasteiger partial charge is 0.409 e. The van der Waals surface area contributed by atoms with Gasteiger partial charge in [-0.15, -0.1) is 0 Å². The third-order valence-electron chi connectivity index (χ3n) is 3.63. The van der Waals surface area contributed by atoms with Crippen molar-refractivity contribution in [3.8, 4) is 0 Å². The molecule has 2 atom stereocenters. The highest BCUT2D eigenvalue weighted by molar-refractivity contribution is 5.67. The first kappa shape index (κ1) is 12.9. The van der Waals surface area contributed by atoms with Crippen LogP contribution in [0.3, 0.4) is 0 Å². The largest absolute Gasteiger partial charge is 0.453 e. The standard InChI is InChI=1S/C14H19NO3/c1-18-14(17)15-8-7-13(12(9-15)10-16)11-5-3-2-4-6-11/h2-6,12-13,16H,7-10H2,1H3/t12-,13-/m1/s1. The van der Waals surface area contributed by atoms with Gasteiger partial charge in [-0.25, -0.2) is 4.79 Å². The van der Waals surface area contributed by atoms with Crippen LogP contribution < -0.4 is 0 Å². The van der Waals surface area contributed by atoms with Gasteiger partial charge < -0.3 is 14.7 Å². The van der Waals surface area contributed by atoms with Crippen LogP contribution in [0.25, 0.3) is 0 Å². The number of aliphatic hydroxyl groups is 1. The summed E-state index contributed by atoms with van der Waals surface area (Å²) in [6, 6.07) is 10.2. The van der Waals surface area contributed by atoms with E-state index in [1.807, 2.05) is 18.2 Å². The van der Waals surface area contributed by atoms with E-state index < -0.39 is 0 Å². The van der Waals surface area contributed by atoms with Gasteiger partial charge in [-0.2, -0.15) is 0 Å².